The van der Waals surface area contributed by atoms with Crippen LogP contribution in [-0.2, 0) is 30.7 Å². The molecule has 34 heavy (non-hydrogen) atoms. The van der Waals surface area contributed by atoms with Gasteiger partial charge in [-0.05, 0) is 42.4 Å². The molecule has 1 aliphatic carbocycles. The van der Waals surface area contributed by atoms with Crippen molar-refractivity contribution in [1.82, 2.24) is 29.4 Å². The Morgan fingerprint density at radius 3 is 2.91 bits per heavy atom. The number of morpholine rings is 1. The molecule has 1 N–H and O–H groups in total. The van der Waals surface area contributed by atoms with Gasteiger partial charge in [0.2, 0.25) is 0 Å². The Bertz CT molecular complexity index is 1260. The van der Waals surface area contributed by atoms with Crippen LogP contribution in [-0.4, -0.2) is 55.7 Å². The van der Waals surface area contributed by atoms with Crippen LogP contribution < -0.4 is 5.32 Å². The first kappa shape index (κ1) is 21.6. The molecule has 2 aliphatic rings. The summed E-state index contributed by atoms with van der Waals surface area (Å²) in [5.74, 6) is 3.44. The van der Waals surface area contributed by atoms with Crippen LogP contribution in [0.2, 0.25) is 0 Å². The summed E-state index contributed by atoms with van der Waals surface area (Å²) in [4.78, 5) is 23.7. The third kappa shape index (κ3) is 4.43. The van der Waals surface area contributed by atoms with Gasteiger partial charge in [-0.1, -0.05) is 13.0 Å². The largest absolute Gasteiger partial charge is 0.379 e. The molecule has 6 rings (SSSR count). The summed E-state index contributed by atoms with van der Waals surface area (Å²) in [6.07, 6.45) is 10.8. The fourth-order valence-corrected chi connectivity index (χ4v) is 6.20. The van der Waals surface area contributed by atoms with Gasteiger partial charge in [0.15, 0.2) is 0 Å². The molecule has 1 unspecified atom stereocenters. The van der Waals surface area contributed by atoms with Crippen molar-refractivity contribution < 1.29 is 4.74 Å². The van der Waals surface area contributed by atoms with E-state index < -0.39 is 0 Å². The highest BCUT2D eigenvalue weighted by atomic mass is 32.1. The number of aryl methyl sites for hydroxylation is 1. The third-order valence-corrected chi connectivity index (χ3v) is 7.86. The lowest BCUT2D eigenvalue weighted by atomic mass is 9.89. The highest BCUT2D eigenvalue weighted by Gasteiger charge is 2.24. The zero-order valence-corrected chi connectivity index (χ0v) is 20.2. The number of hydrogen-bond donors (Lipinski definition) is 1. The lowest BCUT2D eigenvalue weighted by molar-refractivity contribution is 0.0331. The SMILES string of the molecule is CC1CCc2c(sc3nc(CN4CCOCC4)nc(NCc4ccc(-n5ccnc5)nc4)c23)C1. The van der Waals surface area contributed by atoms with E-state index in [9.17, 15) is 0 Å². The maximum absolute atomic E-state index is 5.51. The van der Waals surface area contributed by atoms with E-state index in [1.54, 1.807) is 12.5 Å². The standard InChI is InChI=1S/C25H29N7OS/c1-17-2-4-19-20(12-17)34-25-23(19)24(29-21(30-25)15-31-8-10-33-11-9-31)28-14-18-3-5-22(27-13-18)32-7-6-26-16-32/h3,5-7,13,16-17H,2,4,8-12,14-15H2,1H3,(H,28,29,30). The fraction of sp³-hybridized carbons (Fsp3) is 0.440. The molecule has 5 heterocycles. The van der Waals surface area contributed by atoms with E-state index in [4.69, 9.17) is 14.7 Å². The van der Waals surface area contributed by atoms with Crippen molar-refractivity contribution in [3.05, 3.63) is 58.9 Å². The van der Waals surface area contributed by atoms with Crippen LogP contribution in [0.25, 0.3) is 16.0 Å². The van der Waals surface area contributed by atoms with Gasteiger partial charge in [-0.15, -0.1) is 11.3 Å². The molecule has 4 aromatic rings. The average molecular weight is 476 g/mol. The first-order valence-electron chi connectivity index (χ1n) is 12.0. The number of fused-ring (bicyclic) bond motifs is 3. The highest BCUT2D eigenvalue weighted by Crippen LogP contribution is 2.40. The Balaban J connectivity index is 1.29. The minimum Gasteiger partial charge on any atom is -0.379 e. The van der Waals surface area contributed by atoms with Crippen LogP contribution in [0.5, 0.6) is 0 Å². The van der Waals surface area contributed by atoms with E-state index >= 15 is 0 Å². The van der Waals surface area contributed by atoms with Crippen LogP contribution in [0.3, 0.4) is 0 Å². The van der Waals surface area contributed by atoms with Gasteiger partial charge in [-0.3, -0.25) is 9.47 Å². The molecule has 1 aliphatic heterocycles. The smallest absolute Gasteiger partial charge is 0.146 e. The van der Waals surface area contributed by atoms with Crippen LogP contribution >= 0.6 is 11.3 Å². The zero-order valence-electron chi connectivity index (χ0n) is 19.4. The molecule has 0 bridgehead atoms. The van der Waals surface area contributed by atoms with Crippen molar-refractivity contribution in [2.75, 3.05) is 31.6 Å². The van der Waals surface area contributed by atoms with Gasteiger partial charge in [0.25, 0.3) is 0 Å². The predicted molar refractivity (Wildman–Crippen MR) is 133 cm³/mol. The quantitative estimate of drug-likeness (QED) is 0.454. The lowest BCUT2D eigenvalue weighted by Gasteiger charge is -2.26. The Morgan fingerprint density at radius 2 is 2.12 bits per heavy atom. The van der Waals surface area contributed by atoms with Gasteiger partial charge in [-0.2, -0.15) is 0 Å². The van der Waals surface area contributed by atoms with Crippen molar-refractivity contribution in [2.24, 2.45) is 5.92 Å². The summed E-state index contributed by atoms with van der Waals surface area (Å²) >= 11 is 1.86. The van der Waals surface area contributed by atoms with Gasteiger partial charge in [-0.25, -0.2) is 19.9 Å². The summed E-state index contributed by atoms with van der Waals surface area (Å²) in [5, 5.41) is 4.86. The van der Waals surface area contributed by atoms with Crippen molar-refractivity contribution in [3.63, 3.8) is 0 Å². The van der Waals surface area contributed by atoms with E-state index in [-0.39, 0.29) is 0 Å². The number of thiophene rings is 1. The van der Waals surface area contributed by atoms with Gasteiger partial charge in [0, 0.05) is 43.1 Å². The number of imidazole rings is 1. The summed E-state index contributed by atoms with van der Waals surface area (Å²) in [6, 6.07) is 4.12. The minimum absolute atomic E-state index is 0.668. The summed E-state index contributed by atoms with van der Waals surface area (Å²) in [5.41, 5.74) is 2.56. The number of nitrogens with one attached hydrogen (secondary N) is 1. The molecule has 1 saturated heterocycles. The van der Waals surface area contributed by atoms with Gasteiger partial charge < -0.3 is 10.1 Å². The van der Waals surface area contributed by atoms with Crippen molar-refractivity contribution in [1.29, 1.82) is 0 Å². The maximum atomic E-state index is 5.51. The Hall–Kier alpha value is -2.88. The third-order valence-electron chi connectivity index (χ3n) is 6.71. The molecule has 9 heteroatoms. The second-order valence-corrected chi connectivity index (χ2v) is 10.3. The molecule has 176 valence electrons. The molecule has 0 radical (unpaired) electrons. The van der Waals surface area contributed by atoms with Gasteiger partial charge >= 0.3 is 0 Å². The monoisotopic (exact) mass is 475 g/mol. The number of ether oxygens (including phenoxy) is 1. The number of hydrogen-bond acceptors (Lipinski definition) is 8. The molecule has 0 amide bonds. The molecule has 1 atom stereocenters. The van der Waals surface area contributed by atoms with E-state index in [1.165, 1.54) is 22.2 Å². The molecular formula is C25H29N7OS. The Labute approximate surface area is 203 Å². The molecular weight excluding hydrogens is 446 g/mol. The number of anilines is 1. The summed E-state index contributed by atoms with van der Waals surface area (Å²) in [6.45, 7) is 7.19. The molecule has 4 aromatic heterocycles. The first-order valence-corrected chi connectivity index (χ1v) is 12.8. The Morgan fingerprint density at radius 1 is 1.21 bits per heavy atom. The van der Waals surface area contributed by atoms with E-state index in [0.29, 0.717) is 6.54 Å². The van der Waals surface area contributed by atoms with Crippen LogP contribution in [0.15, 0.2) is 37.1 Å². The van der Waals surface area contributed by atoms with Crippen LogP contribution in [0.1, 0.15) is 35.2 Å². The van der Waals surface area contributed by atoms with E-state index in [0.717, 1.165) is 79.5 Å². The highest BCUT2D eigenvalue weighted by molar-refractivity contribution is 7.19. The van der Waals surface area contributed by atoms with Crippen molar-refractivity contribution in [2.45, 2.75) is 39.3 Å². The molecule has 8 nitrogen and oxygen atoms in total. The van der Waals surface area contributed by atoms with Crippen LogP contribution in [0.4, 0.5) is 5.82 Å². The average Bonchev–Trinajstić information content (AvgIpc) is 3.51. The van der Waals surface area contributed by atoms with Gasteiger partial charge in [0.1, 0.15) is 28.6 Å². The molecule has 0 aromatic carbocycles. The number of rotatable bonds is 6. The minimum atomic E-state index is 0.668. The van der Waals surface area contributed by atoms with Gasteiger partial charge in [0.05, 0.1) is 25.1 Å². The van der Waals surface area contributed by atoms with Crippen molar-refractivity contribution >= 4 is 27.4 Å². The van der Waals surface area contributed by atoms with Crippen molar-refractivity contribution in [3.8, 4) is 5.82 Å². The zero-order chi connectivity index (χ0) is 22.9. The first-order chi connectivity index (χ1) is 16.7. The molecule has 0 saturated carbocycles. The maximum Gasteiger partial charge on any atom is 0.146 e. The fourth-order valence-electron chi connectivity index (χ4n) is 4.80. The van der Waals surface area contributed by atoms with E-state index in [1.807, 2.05) is 34.4 Å². The lowest BCUT2D eigenvalue weighted by Crippen LogP contribution is -2.36. The summed E-state index contributed by atoms with van der Waals surface area (Å²) in [7, 11) is 0. The summed E-state index contributed by atoms with van der Waals surface area (Å²) < 4.78 is 7.42. The Kier molecular flexibility index (Phi) is 5.98. The van der Waals surface area contributed by atoms with Crippen LogP contribution in [0, 0.1) is 5.92 Å². The normalized spacial score (nSPS) is 18.8. The number of pyridine rings is 1. The molecule has 0 spiro atoms. The second-order valence-electron chi connectivity index (χ2n) is 9.26. The van der Waals surface area contributed by atoms with E-state index in [2.05, 4.69) is 33.2 Å². The second kappa shape index (κ2) is 9.40. The topological polar surface area (TPSA) is 81.0 Å². The number of aromatic nitrogens is 5. The number of nitrogens with zero attached hydrogens (tertiary/aromatic N) is 6. The predicted octanol–water partition coefficient (Wildman–Crippen LogP) is 3.84. The molecule has 1 fully saturated rings.